The molecule has 1 saturated carbocycles. The van der Waals surface area contributed by atoms with E-state index in [2.05, 4.69) is 21.4 Å². The average molecular weight is 465 g/mol. The first kappa shape index (κ1) is 23.6. The third-order valence-electron chi connectivity index (χ3n) is 5.87. The summed E-state index contributed by atoms with van der Waals surface area (Å²) in [7, 11) is 0. The van der Waals surface area contributed by atoms with Crippen molar-refractivity contribution in [2.75, 3.05) is 17.2 Å². The Morgan fingerprint density at radius 1 is 1.00 bits per heavy atom. The fourth-order valence-corrected chi connectivity index (χ4v) is 3.55. The lowest BCUT2D eigenvalue weighted by atomic mass is 9.86. The van der Waals surface area contributed by atoms with Crippen LogP contribution in [0.25, 0.3) is 0 Å². The van der Waals surface area contributed by atoms with Gasteiger partial charge in [0.05, 0.1) is 6.61 Å². The molecule has 1 atom stereocenters. The standard InChI is InChI=1S/C26H32N4O4/c1-26(2,3)22-15-23(30-34-22)29-25(32)28-20-9-7-18(8-10-20)24(31)27-19-11-13-21(14-12-19)33-16-17-5-4-6-17/h7-15,17,23,30H,4-6,16H2,1-3H3,(H,27,31)(H2,28,29,32). The van der Waals surface area contributed by atoms with E-state index >= 15 is 0 Å². The minimum atomic E-state index is -0.422. The van der Waals surface area contributed by atoms with Crippen LogP contribution in [0, 0.1) is 11.3 Å². The second-order valence-electron chi connectivity index (χ2n) is 9.74. The van der Waals surface area contributed by atoms with Gasteiger partial charge in [-0.15, -0.1) is 5.48 Å². The number of amides is 3. The molecule has 0 saturated heterocycles. The maximum atomic E-state index is 12.6. The van der Waals surface area contributed by atoms with Crippen LogP contribution in [0.15, 0.2) is 60.4 Å². The van der Waals surface area contributed by atoms with E-state index in [4.69, 9.17) is 9.57 Å². The van der Waals surface area contributed by atoms with E-state index in [9.17, 15) is 9.59 Å². The van der Waals surface area contributed by atoms with Gasteiger partial charge < -0.3 is 25.5 Å². The maximum absolute atomic E-state index is 12.6. The molecule has 1 aliphatic carbocycles. The Labute approximate surface area is 200 Å². The number of ether oxygens (including phenoxy) is 1. The number of hydroxylamine groups is 1. The van der Waals surface area contributed by atoms with Gasteiger partial charge in [0.15, 0.2) is 0 Å². The molecule has 34 heavy (non-hydrogen) atoms. The van der Waals surface area contributed by atoms with Crippen molar-refractivity contribution in [1.82, 2.24) is 10.8 Å². The number of benzene rings is 2. The largest absolute Gasteiger partial charge is 0.493 e. The van der Waals surface area contributed by atoms with Crippen LogP contribution in [0.5, 0.6) is 5.75 Å². The van der Waals surface area contributed by atoms with Crippen molar-refractivity contribution in [3.05, 3.63) is 65.9 Å². The molecular weight excluding hydrogens is 432 g/mol. The Balaban J connectivity index is 1.24. The third-order valence-corrected chi connectivity index (χ3v) is 5.87. The molecule has 2 aromatic carbocycles. The normalized spacial score (nSPS) is 17.7. The predicted molar refractivity (Wildman–Crippen MR) is 131 cm³/mol. The molecule has 8 nitrogen and oxygen atoms in total. The van der Waals surface area contributed by atoms with Crippen LogP contribution < -0.4 is 26.2 Å². The van der Waals surface area contributed by atoms with Crippen LogP contribution in [0.2, 0.25) is 0 Å². The molecule has 0 bridgehead atoms. The molecule has 0 spiro atoms. The number of nitrogens with one attached hydrogen (secondary N) is 4. The highest BCUT2D eigenvalue weighted by molar-refractivity contribution is 6.04. The summed E-state index contributed by atoms with van der Waals surface area (Å²) in [4.78, 5) is 30.3. The van der Waals surface area contributed by atoms with Crippen LogP contribution in [0.4, 0.5) is 16.2 Å². The second kappa shape index (κ2) is 10.2. The number of carbonyl (C=O) groups is 2. The molecule has 1 unspecified atom stereocenters. The van der Waals surface area contributed by atoms with E-state index in [0.29, 0.717) is 22.9 Å². The van der Waals surface area contributed by atoms with Crippen LogP contribution in [-0.4, -0.2) is 24.7 Å². The minimum Gasteiger partial charge on any atom is -0.493 e. The average Bonchev–Trinajstić information content (AvgIpc) is 3.23. The monoisotopic (exact) mass is 464 g/mol. The summed E-state index contributed by atoms with van der Waals surface area (Å²) in [5.41, 5.74) is 4.37. The number of rotatable bonds is 7. The predicted octanol–water partition coefficient (Wildman–Crippen LogP) is 5.03. The molecule has 8 heteroatoms. The summed E-state index contributed by atoms with van der Waals surface area (Å²) in [5.74, 6) is 2.02. The fourth-order valence-electron chi connectivity index (χ4n) is 3.55. The van der Waals surface area contributed by atoms with Gasteiger partial charge in [-0.1, -0.05) is 27.2 Å². The second-order valence-corrected chi connectivity index (χ2v) is 9.74. The van der Waals surface area contributed by atoms with Gasteiger partial charge in [0.2, 0.25) is 0 Å². The van der Waals surface area contributed by atoms with Crippen molar-refractivity contribution >= 4 is 23.3 Å². The third kappa shape index (κ3) is 6.29. The van der Waals surface area contributed by atoms with Gasteiger partial charge in [-0.2, -0.15) is 0 Å². The molecule has 0 radical (unpaired) electrons. The van der Waals surface area contributed by atoms with E-state index in [-0.39, 0.29) is 17.4 Å². The lowest BCUT2D eigenvalue weighted by molar-refractivity contribution is 0.0755. The maximum Gasteiger partial charge on any atom is 0.320 e. The zero-order valence-electron chi connectivity index (χ0n) is 19.8. The Morgan fingerprint density at radius 2 is 1.65 bits per heavy atom. The van der Waals surface area contributed by atoms with Gasteiger partial charge in [0, 0.05) is 22.4 Å². The SMILES string of the molecule is CC(C)(C)C1=CC(NC(=O)Nc2ccc(C(=O)Nc3ccc(OCC4CCC4)cc3)cc2)NO1. The molecular formula is C26H32N4O4. The van der Waals surface area contributed by atoms with Gasteiger partial charge in [-0.25, -0.2) is 4.79 Å². The molecule has 3 amide bonds. The van der Waals surface area contributed by atoms with Crippen LogP contribution in [-0.2, 0) is 4.84 Å². The van der Waals surface area contributed by atoms with Gasteiger partial charge >= 0.3 is 6.03 Å². The zero-order chi connectivity index (χ0) is 24.1. The number of allylic oxidation sites excluding steroid dienone is 1. The highest BCUT2D eigenvalue weighted by Crippen LogP contribution is 2.28. The minimum absolute atomic E-state index is 0.151. The summed E-state index contributed by atoms with van der Waals surface area (Å²) < 4.78 is 5.79. The van der Waals surface area contributed by atoms with E-state index in [1.165, 1.54) is 19.3 Å². The molecule has 180 valence electrons. The molecule has 1 heterocycles. The number of anilines is 2. The van der Waals surface area contributed by atoms with Crippen molar-refractivity contribution in [1.29, 1.82) is 0 Å². The molecule has 4 N–H and O–H groups in total. The number of hydrogen-bond acceptors (Lipinski definition) is 5. The van der Waals surface area contributed by atoms with Crippen LogP contribution >= 0.6 is 0 Å². The van der Waals surface area contributed by atoms with Crippen molar-refractivity contribution in [3.8, 4) is 5.75 Å². The zero-order valence-corrected chi connectivity index (χ0v) is 19.8. The molecule has 0 aromatic heterocycles. The van der Waals surface area contributed by atoms with Crippen molar-refractivity contribution in [2.24, 2.45) is 11.3 Å². The van der Waals surface area contributed by atoms with Gasteiger partial charge in [0.25, 0.3) is 5.91 Å². The number of hydrogen-bond donors (Lipinski definition) is 4. The first-order valence-electron chi connectivity index (χ1n) is 11.6. The van der Waals surface area contributed by atoms with Crippen molar-refractivity contribution in [3.63, 3.8) is 0 Å². The van der Waals surface area contributed by atoms with Crippen LogP contribution in [0.1, 0.15) is 50.4 Å². The van der Waals surface area contributed by atoms with E-state index < -0.39 is 6.17 Å². The summed E-state index contributed by atoms with van der Waals surface area (Å²) in [6, 6.07) is 13.7. The van der Waals surface area contributed by atoms with Crippen LogP contribution in [0.3, 0.4) is 0 Å². The quantitative estimate of drug-likeness (QED) is 0.460. The van der Waals surface area contributed by atoms with E-state index in [0.717, 1.165) is 18.1 Å². The first-order valence-corrected chi connectivity index (χ1v) is 11.6. The number of urea groups is 1. The smallest absolute Gasteiger partial charge is 0.320 e. The first-order chi connectivity index (χ1) is 16.3. The summed E-state index contributed by atoms with van der Waals surface area (Å²) >= 11 is 0. The molecule has 1 fully saturated rings. The lowest BCUT2D eigenvalue weighted by Gasteiger charge is -2.25. The molecule has 1 aliphatic heterocycles. The molecule has 2 aromatic rings. The Morgan fingerprint density at radius 3 is 2.24 bits per heavy atom. The number of carbonyl (C=O) groups excluding carboxylic acids is 2. The Kier molecular flexibility index (Phi) is 7.07. The highest BCUT2D eigenvalue weighted by atomic mass is 16.7. The lowest BCUT2D eigenvalue weighted by Crippen LogP contribution is -2.43. The summed E-state index contributed by atoms with van der Waals surface area (Å²) in [6.45, 7) is 6.84. The molecule has 4 rings (SSSR count). The topological polar surface area (TPSA) is 101 Å². The van der Waals surface area contributed by atoms with Gasteiger partial charge in [-0.05, 0) is 73.4 Å². The fraction of sp³-hybridized carbons (Fsp3) is 0.385. The Bertz CT molecular complexity index is 1040. The van der Waals surface area contributed by atoms with E-state index in [1.54, 1.807) is 24.3 Å². The molecule has 2 aliphatic rings. The van der Waals surface area contributed by atoms with Crippen molar-refractivity contribution < 1.29 is 19.2 Å². The van der Waals surface area contributed by atoms with Gasteiger partial charge in [-0.3, -0.25) is 4.79 Å². The van der Waals surface area contributed by atoms with Crippen molar-refractivity contribution in [2.45, 2.75) is 46.2 Å². The van der Waals surface area contributed by atoms with Gasteiger partial charge in [0.1, 0.15) is 17.7 Å². The summed E-state index contributed by atoms with van der Waals surface area (Å²) in [6.07, 6.45) is 5.20. The van der Waals surface area contributed by atoms with E-state index in [1.807, 2.05) is 51.1 Å². The Hall–Kier alpha value is -3.52. The highest BCUT2D eigenvalue weighted by Gasteiger charge is 2.27. The summed E-state index contributed by atoms with van der Waals surface area (Å²) in [5, 5.41) is 8.40.